The van der Waals surface area contributed by atoms with Gasteiger partial charge >= 0.3 is 0 Å². The van der Waals surface area contributed by atoms with Crippen molar-refractivity contribution in [2.75, 3.05) is 21.2 Å². The van der Waals surface area contributed by atoms with Gasteiger partial charge in [-0.25, -0.2) is 9.98 Å². The highest BCUT2D eigenvalue weighted by Crippen LogP contribution is 2.34. The fourth-order valence-corrected chi connectivity index (χ4v) is 1.56. The highest BCUT2D eigenvalue weighted by molar-refractivity contribution is 9.10. The van der Waals surface area contributed by atoms with Gasteiger partial charge in [-0.05, 0) is 15.9 Å². The van der Waals surface area contributed by atoms with Gasteiger partial charge in [-0.15, -0.1) is 0 Å². The second-order valence-corrected chi connectivity index (χ2v) is 3.96. The summed E-state index contributed by atoms with van der Waals surface area (Å²) in [6.45, 7) is 0. The summed E-state index contributed by atoms with van der Waals surface area (Å²) in [7, 11) is 5.21. The van der Waals surface area contributed by atoms with Crippen LogP contribution < -0.4 is 4.74 Å². The molecule has 1 aromatic rings. The molecule has 1 heterocycles. The SMILES string of the molecule is COc1ncc(C#N)c(/N=C/N(C)C)c1Br. The lowest BCUT2D eigenvalue weighted by atomic mass is 10.2. The maximum absolute atomic E-state index is 8.93. The molecule has 0 unspecified atom stereocenters. The van der Waals surface area contributed by atoms with E-state index in [2.05, 4.69) is 25.9 Å². The fraction of sp³-hybridized carbons (Fsp3) is 0.300. The second kappa shape index (κ2) is 5.47. The van der Waals surface area contributed by atoms with E-state index >= 15 is 0 Å². The number of ether oxygens (including phenoxy) is 1. The molecule has 0 bridgehead atoms. The van der Waals surface area contributed by atoms with Crippen molar-refractivity contribution in [3.8, 4) is 11.9 Å². The van der Waals surface area contributed by atoms with Gasteiger partial charge in [0.25, 0.3) is 0 Å². The van der Waals surface area contributed by atoms with E-state index in [1.807, 2.05) is 20.2 Å². The Balaban J connectivity index is 3.28. The average molecular weight is 283 g/mol. The molecule has 0 aliphatic carbocycles. The lowest BCUT2D eigenvalue weighted by molar-refractivity contribution is 0.395. The molecule has 0 N–H and O–H groups in total. The number of aliphatic imine (C=N–C) groups is 1. The summed E-state index contributed by atoms with van der Waals surface area (Å²) < 4.78 is 5.61. The van der Waals surface area contributed by atoms with Crippen molar-refractivity contribution in [2.45, 2.75) is 0 Å². The summed E-state index contributed by atoms with van der Waals surface area (Å²) in [4.78, 5) is 9.95. The van der Waals surface area contributed by atoms with Crippen LogP contribution in [0.4, 0.5) is 5.69 Å². The number of aromatic nitrogens is 1. The first-order chi connectivity index (χ1) is 7.60. The van der Waals surface area contributed by atoms with Crippen LogP contribution in [0.3, 0.4) is 0 Å². The first-order valence-corrected chi connectivity index (χ1v) is 5.22. The Morgan fingerprint density at radius 3 is 2.81 bits per heavy atom. The summed E-state index contributed by atoms with van der Waals surface area (Å²) in [6, 6.07) is 2.03. The summed E-state index contributed by atoms with van der Waals surface area (Å²) >= 11 is 3.31. The third-order valence-electron chi connectivity index (χ3n) is 1.69. The maximum Gasteiger partial charge on any atom is 0.229 e. The van der Waals surface area contributed by atoms with Crippen LogP contribution in [0, 0.1) is 11.3 Å². The Morgan fingerprint density at radius 2 is 2.31 bits per heavy atom. The number of nitrogens with zero attached hydrogens (tertiary/aromatic N) is 4. The normalized spacial score (nSPS) is 10.2. The molecule has 1 rings (SSSR count). The minimum absolute atomic E-state index is 0.394. The van der Waals surface area contributed by atoms with E-state index in [0.717, 1.165) is 0 Å². The number of hydrogen-bond donors (Lipinski definition) is 0. The number of pyridine rings is 1. The molecular formula is C10H11BrN4O. The van der Waals surface area contributed by atoms with Gasteiger partial charge in [0.05, 0.1) is 25.2 Å². The molecule has 0 aliphatic rings. The van der Waals surface area contributed by atoms with Gasteiger partial charge in [-0.3, -0.25) is 0 Å². The molecule has 0 aliphatic heterocycles. The molecule has 5 nitrogen and oxygen atoms in total. The Labute approximate surface area is 103 Å². The molecule has 0 radical (unpaired) electrons. The molecule has 1 aromatic heterocycles. The molecule has 0 amide bonds. The van der Waals surface area contributed by atoms with Crippen LogP contribution in [0.25, 0.3) is 0 Å². The highest BCUT2D eigenvalue weighted by atomic mass is 79.9. The van der Waals surface area contributed by atoms with Crippen molar-refractivity contribution in [3.05, 3.63) is 16.2 Å². The van der Waals surface area contributed by atoms with Gasteiger partial charge < -0.3 is 9.64 Å². The largest absolute Gasteiger partial charge is 0.480 e. The highest BCUT2D eigenvalue weighted by Gasteiger charge is 2.12. The van der Waals surface area contributed by atoms with Gasteiger partial charge in [0, 0.05) is 14.1 Å². The first-order valence-electron chi connectivity index (χ1n) is 4.43. The van der Waals surface area contributed by atoms with E-state index in [1.54, 1.807) is 11.2 Å². The Hall–Kier alpha value is -1.61. The van der Waals surface area contributed by atoms with Crippen LogP contribution >= 0.6 is 15.9 Å². The van der Waals surface area contributed by atoms with Crippen molar-refractivity contribution >= 4 is 28.0 Å². The van der Waals surface area contributed by atoms with Crippen LogP contribution in [0.2, 0.25) is 0 Å². The molecule has 84 valence electrons. The third-order valence-corrected chi connectivity index (χ3v) is 2.41. The van der Waals surface area contributed by atoms with Gasteiger partial charge in [-0.1, -0.05) is 0 Å². The van der Waals surface area contributed by atoms with Gasteiger partial charge in [0.15, 0.2) is 0 Å². The number of methoxy groups -OCH3 is 1. The second-order valence-electron chi connectivity index (χ2n) is 3.16. The van der Waals surface area contributed by atoms with Crippen LogP contribution in [-0.2, 0) is 0 Å². The zero-order valence-electron chi connectivity index (χ0n) is 9.23. The van der Waals surface area contributed by atoms with E-state index in [9.17, 15) is 0 Å². The van der Waals surface area contributed by atoms with E-state index in [0.29, 0.717) is 21.6 Å². The van der Waals surface area contributed by atoms with E-state index in [1.165, 1.54) is 13.3 Å². The zero-order valence-corrected chi connectivity index (χ0v) is 10.8. The first kappa shape index (κ1) is 12.5. The predicted octanol–water partition coefficient (Wildman–Crippen LogP) is 1.95. The number of halogens is 1. The topological polar surface area (TPSA) is 61.5 Å². The standard InChI is InChI=1S/C10H11BrN4O/c1-15(2)6-14-9-7(4-12)5-13-10(16-3)8(9)11/h5-6H,1-3H3/b14-6+. The van der Waals surface area contributed by atoms with Crippen LogP contribution in [0.5, 0.6) is 5.88 Å². The predicted molar refractivity (Wildman–Crippen MR) is 65.0 cm³/mol. The van der Waals surface area contributed by atoms with Gasteiger partial charge in [0.1, 0.15) is 16.2 Å². The van der Waals surface area contributed by atoms with Crippen molar-refractivity contribution in [3.63, 3.8) is 0 Å². The Bertz CT molecular complexity index is 451. The number of rotatable bonds is 3. The molecule has 0 saturated carbocycles. The fourth-order valence-electron chi connectivity index (χ4n) is 0.984. The van der Waals surface area contributed by atoms with Crippen LogP contribution in [0.15, 0.2) is 15.7 Å². The summed E-state index contributed by atoms with van der Waals surface area (Å²) in [5.74, 6) is 0.407. The number of hydrogen-bond acceptors (Lipinski definition) is 4. The van der Waals surface area contributed by atoms with Gasteiger partial charge in [-0.2, -0.15) is 5.26 Å². The molecule has 0 atom stereocenters. The van der Waals surface area contributed by atoms with Gasteiger partial charge in [0.2, 0.25) is 5.88 Å². The zero-order chi connectivity index (χ0) is 12.1. The molecule has 0 aromatic carbocycles. The van der Waals surface area contributed by atoms with Crippen LogP contribution in [0.1, 0.15) is 5.56 Å². The monoisotopic (exact) mass is 282 g/mol. The summed E-state index contributed by atoms with van der Waals surface area (Å²) in [5.41, 5.74) is 0.911. The number of nitriles is 1. The summed E-state index contributed by atoms with van der Waals surface area (Å²) in [5, 5.41) is 8.93. The average Bonchev–Trinajstić information content (AvgIpc) is 2.26. The third kappa shape index (κ3) is 2.70. The minimum Gasteiger partial charge on any atom is -0.480 e. The van der Waals surface area contributed by atoms with Crippen molar-refractivity contribution in [1.29, 1.82) is 5.26 Å². The molecule has 6 heteroatoms. The quantitative estimate of drug-likeness (QED) is 0.628. The van der Waals surface area contributed by atoms with E-state index < -0.39 is 0 Å². The van der Waals surface area contributed by atoms with Crippen molar-refractivity contribution < 1.29 is 4.74 Å². The van der Waals surface area contributed by atoms with Crippen LogP contribution in [-0.4, -0.2) is 37.4 Å². The maximum atomic E-state index is 8.93. The van der Waals surface area contributed by atoms with E-state index in [4.69, 9.17) is 10.00 Å². The summed E-state index contributed by atoms with van der Waals surface area (Å²) in [6.07, 6.45) is 3.05. The Morgan fingerprint density at radius 1 is 1.62 bits per heavy atom. The van der Waals surface area contributed by atoms with Crippen molar-refractivity contribution in [2.24, 2.45) is 4.99 Å². The van der Waals surface area contributed by atoms with Crippen molar-refractivity contribution in [1.82, 2.24) is 9.88 Å². The molecular weight excluding hydrogens is 272 g/mol. The smallest absolute Gasteiger partial charge is 0.229 e. The minimum atomic E-state index is 0.394. The lowest BCUT2D eigenvalue weighted by Crippen LogP contribution is -2.07. The Kier molecular flexibility index (Phi) is 4.26. The van der Waals surface area contributed by atoms with E-state index in [-0.39, 0.29) is 0 Å². The molecule has 0 spiro atoms. The molecule has 0 saturated heterocycles. The molecule has 0 fully saturated rings. The molecule has 16 heavy (non-hydrogen) atoms. The lowest BCUT2D eigenvalue weighted by Gasteiger charge is -2.07.